The van der Waals surface area contributed by atoms with Crippen molar-refractivity contribution in [3.05, 3.63) is 72.2 Å². The first kappa shape index (κ1) is 15.8. The Labute approximate surface area is 139 Å². The van der Waals surface area contributed by atoms with E-state index in [1.165, 1.54) is 6.08 Å². The summed E-state index contributed by atoms with van der Waals surface area (Å²) < 4.78 is 12.2. The van der Waals surface area contributed by atoms with Gasteiger partial charge in [-0.05, 0) is 48.8 Å². The highest BCUT2D eigenvalue weighted by Gasteiger charge is 2.46. The van der Waals surface area contributed by atoms with E-state index in [1.807, 2.05) is 0 Å². The predicted octanol–water partition coefficient (Wildman–Crippen LogP) is 3.90. The number of nitrogens with one attached hydrogen (secondary N) is 2. The van der Waals surface area contributed by atoms with Crippen molar-refractivity contribution in [1.29, 1.82) is 5.26 Å². The van der Waals surface area contributed by atoms with Gasteiger partial charge in [-0.25, -0.2) is 4.39 Å². The van der Waals surface area contributed by atoms with Gasteiger partial charge in [0.25, 0.3) is 5.91 Å². The van der Waals surface area contributed by atoms with Crippen LogP contribution in [0, 0.1) is 11.3 Å². The quantitative estimate of drug-likeness (QED) is 0.820. The molecule has 1 aliphatic rings. The fourth-order valence-corrected chi connectivity index (χ4v) is 2.78. The third kappa shape index (κ3) is 2.86. The number of nitrogens with zero attached hydrogens (tertiary/aromatic N) is 1. The number of hydrogen-bond acceptors (Lipinski definition) is 2. The molecule has 2 N–H and O–H groups in total. The Morgan fingerprint density at radius 2 is 2.21 bits per heavy atom. The van der Waals surface area contributed by atoms with Gasteiger partial charge in [0.2, 0.25) is 0 Å². The van der Waals surface area contributed by atoms with Crippen molar-refractivity contribution in [2.24, 2.45) is 0 Å². The number of fused-ring (bicyclic) bond motifs is 1. The minimum atomic E-state index is -0.479. The van der Waals surface area contributed by atoms with Crippen LogP contribution in [0.1, 0.15) is 28.9 Å². The Balaban J connectivity index is 1.85. The molecule has 4 nitrogen and oxygen atoms in total. The summed E-state index contributed by atoms with van der Waals surface area (Å²) in [6.45, 7) is 3.74. The van der Waals surface area contributed by atoms with Gasteiger partial charge in [-0.2, -0.15) is 5.26 Å². The summed E-state index contributed by atoms with van der Waals surface area (Å²) in [5.41, 5.74) is 2.07. The number of rotatable bonds is 5. The molecule has 0 aliphatic heterocycles. The lowest BCUT2D eigenvalue weighted by Gasteiger charge is -2.18. The van der Waals surface area contributed by atoms with Crippen molar-refractivity contribution in [3.63, 3.8) is 0 Å². The van der Waals surface area contributed by atoms with Crippen molar-refractivity contribution in [2.45, 2.75) is 18.4 Å². The van der Waals surface area contributed by atoms with Crippen LogP contribution in [-0.4, -0.2) is 16.4 Å². The normalized spacial score (nSPS) is 16.1. The van der Waals surface area contributed by atoms with Crippen LogP contribution in [0.5, 0.6) is 0 Å². The first-order chi connectivity index (χ1) is 11.6. The van der Waals surface area contributed by atoms with Gasteiger partial charge in [-0.15, -0.1) is 0 Å². The molecule has 1 aliphatic carbocycles. The van der Waals surface area contributed by atoms with Crippen LogP contribution >= 0.6 is 0 Å². The number of carbonyl (C=O) groups excluding carboxylic acids is 1. The van der Waals surface area contributed by atoms with E-state index in [0.29, 0.717) is 17.6 Å². The van der Waals surface area contributed by atoms with Crippen molar-refractivity contribution >= 4 is 16.8 Å². The Kier molecular flexibility index (Phi) is 4.05. The van der Waals surface area contributed by atoms with E-state index in [-0.39, 0.29) is 5.91 Å². The van der Waals surface area contributed by atoms with Gasteiger partial charge in [-0.3, -0.25) is 4.79 Å². The molecule has 0 spiro atoms. The zero-order valence-electron chi connectivity index (χ0n) is 13.0. The number of aromatic amines is 1. The maximum Gasteiger partial charge on any atom is 0.268 e. The predicted molar refractivity (Wildman–Crippen MR) is 91.0 cm³/mol. The van der Waals surface area contributed by atoms with Gasteiger partial charge in [0, 0.05) is 10.9 Å². The van der Waals surface area contributed by atoms with Crippen LogP contribution in [0.15, 0.2) is 61.0 Å². The zero-order chi connectivity index (χ0) is 17.2. The first-order valence-electron chi connectivity index (χ1n) is 7.57. The van der Waals surface area contributed by atoms with E-state index in [1.54, 1.807) is 36.4 Å². The monoisotopic (exact) mass is 321 g/mol. The highest BCUT2D eigenvalue weighted by atomic mass is 19.1. The van der Waals surface area contributed by atoms with Gasteiger partial charge in [0.1, 0.15) is 5.69 Å². The second-order valence-electron chi connectivity index (χ2n) is 5.78. The second kappa shape index (κ2) is 6.17. The second-order valence-corrected chi connectivity index (χ2v) is 5.78. The van der Waals surface area contributed by atoms with Gasteiger partial charge in [0.15, 0.2) is 0 Å². The number of nitriles is 1. The molecule has 1 saturated carbocycles. The van der Waals surface area contributed by atoms with Crippen LogP contribution < -0.4 is 5.32 Å². The number of amides is 1. The van der Waals surface area contributed by atoms with Crippen LogP contribution in [0.25, 0.3) is 10.9 Å². The number of carbonyl (C=O) groups is 1. The molecule has 0 unspecified atom stereocenters. The van der Waals surface area contributed by atoms with Gasteiger partial charge in [0.05, 0.1) is 23.5 Å². The van der Waals surface area contributed by atoms with Crippen molar-refractivity contribution in [2.75, 3.05) is 0 Å². The number of halogens is 1. The van der Waals surface area contributed by atoms with Gasteiger partial charge >= 0.3 is 0 Å². The number of benzene rings is 1. The van der Waals surface area contributed by atoms with Crippen LogP contribution in [0.2, 0.25) is 0 Å². The molecule has 24 heavy (non-hydrogen) atoms. The van der Waals surface area contributed by atoms with E-state index < -0.39 is 5.54 Å². The first-order valence-corrected chi connectivity index (χ1v) is 7.57. The Bertz CT molecular complexity index is 910. The number of hydrogen-bond donors (Lipinski definition) is 2. The van der Waals surface area contributed by atoms with Crippen molar-refractivity contribution < 1.29 is 9.18 Å². The topological polar surface area (TPSA) is 68.7 Å². The average Bonchev–Trinajstić information content (AvgIpc) is 3.23. The summed E-state index contributed by atoms with van der Waals surface area (Å²) >= 11 is 0. The van der Waals surface area contributed by atoms with Gasteiger partial charge < -0.3 is 10.3 Å². The summed E-state index contributed by atoms with van der Waals surface area (Å²) in [5, 5.41) is 12.8. The molecule has 3 rings (SSSR count). The highest BCUT2D eigenvalue weighted by Crippen LogP contribution is 2.43. The lowest BCUT2D eigenvalue weighted by Crippen LogP contribution is -2.38. The summed E-state index contributed by atoms with van der Waals surface area (Å²) in [5.74, 6) is -0.237. The number of H-pyrrole nitrogens is 1. The standard InChI is InChI=1S/C19H16FN3O/c1-2-15(4-3-9-20)19(7-8-19)23-18(24)17-11-14-10-13(12-21)5-6-16(14)22-17/h2-6,9-11,22H,1,7-8H2,(H,23,24). The molecule has 1 aromatic heterocycles. The SMILES string of the molecule is C=CC(=CC=CF)C1(NC(=O)c2cc3cc(C#N)ccc3[nH]2)CC1. The minimum absolute atomic E-state index is 0.237. The van der Waals surface area contributed by atoms with Crippen molar-refractivity contribution in [3.8, 4) is 6.07 Å². The van der Waals surface area contributed by atoms with E-state index in [2.05, 4.69) is 22.9 Å². The van der Waals surface area contributed by atoms with Crippen LogP contribution in [0.4, 0.5) is 4.39 Å². The maximum absolute atomic E-state index is 12.6. The summed E-state index contributed by atoms with van der Waals surface area (Å²) in [7, 11) is 0. The lowest BCUT2D eigenvalue weighted by molar-refractivity contribution is 0.0935. The minimum Gasteiger partial charge on any atom is -0.351 e. The Morgan fingerprint density at radius 3 is 2.83 bits per heavy atom. The third-order valence-electron chi connectivity index (χ3n) is 4.22. The summed E-state index contributed by atoms with van der Waals surface area (Å²) in [4.78, 5) is 15.6. The molecule has 2 aromatic rings. The molecule has 120 valence electrons. The van der Waals surface area contributed by atoms with Crippen molar-refractivity contribution in [1.82, 2.24) is 10.3 Å². The third-order valence-corrected chi connectivity index (χ3v) is 4.22. The van der Waals surface area contributed by atoms with E-state index >= 15 is 0 Å². The molecule has 1 amide bonds. The number of allylic oxidation sites excluding steroid dienone is 2. The Hall–Kier alpha value is -3.13. The van der Waals surface area contributed by atoms with Gasteiger partial charge in [-0.1, -0.05) is 18.7 Å². The van der Waals surface area contributed by atoms with Crippen LogP contribution in [-0.2, 0) is 0 Å². The van der Waals surface area contributed by atoms with E-state index in [9.17, 15) is 9.18 Å². The largest absolute Gasteiger partial charge is 0.351 e. The fraction of sp³-hybridized carbons (Fsp3) is 0.158. The number of aromatic nitrogens is 1. The molecular weight excluding hydrogens is 305 g/mol. The average molecular weight is 321 g/mol. The lowest BCUT2D eigenvalue weighted by atomic mass is 10.0. The molecule has 0 saturated heterocycles. The van der Waals surface area contributed by atoms with E-state index in [0.717, 1.165) is 29.3 Å². The maximum atomic E-state index is 12.6. The van der Waals surface area contributed by atoms with E-state index in [4.69, 9.17) is 5.26 Å². The highest BCUT2D eigenvalue weighted by molar-refractivity contribution is 5.99. The molecule has 1 aromatic carbocycles. The molecule has 0 radical (unpaired) electrons. The molecule has 1 heterocycles. The zero-order valence-corrected chi connectivity index (χ0v) is 13.0. The summed E-state index contributed by atoms with van der Waals surface area (Å²) in [6.07, 6.45) is 6.56. The molecule has 1 fully saturated rings. The fourth-order valence-electron chi connectivity index (χ4n) is 2.78. The molecule has 5 heteroatoms. The van der Waals surface area contributed by atoms with Crippen LogP contribution in [0.3, 0.4) is 0 Å². The smallest absolute Gasteiger partial charge is 0.268 e. The summed E-state index contributed by atoms with van der Waals surface area (Å²) in [6, 6.07) is 9.01. The molecule has 0 atom stereocenters. The molecular formula is C19H16FN3O. The Morgan fingerprint density at radius 1 is 1.42 bits per heavy atom. The molecule has 0 bridgehead atoms.